The van der Waals surface area contributed by atoms with Crippen molar-refractivity contribution in [2.45, 2.75) is 35.8 Å². The van der Waals surface area contributed by atoms with Gasteiger partial charge in [0.25, 0.3) is 5.56 Å². The fourth-order valence-electron chi connectivity index (χ4n) is 2.72. The molecule has 15 heteroatoms. The molecule has 1 aromatic carbocycles. The molecule has 0 atom stereocenters. The number of hydrogen-bond acceptors (Lipinski definition) is 5. The average Bonchev–Trinajstić information content (AvgIpc) is 2.72. The third-order valence-corrected chi connectivity index (χ3v) is 5.55. The first kappa shape index (κ1) is 24.1. The molecule has 1 aliphatic rings. The Morgan fingerprint density at radius 2 is 1.56 bits per heavy atom. The van der Waals surface area contributed by atoms with Gasteiger partial charge in [-0.3, -0.25) is 9.36 Å². The zero-order chi connectivity index (χ0) is 24.1. The Labute approximate surface area is 177 Å². The number of rotatable bonds is 5. The third kappa shape index (κ3) is 3.75. The summed E-state index contributed by atoms with van der Waals surface area (Å²) in [6.45, 7) is -0.262. The monoisotopic (exact) mass is 493 g/mol. The van der Waals surface area contributed by atoms with Crippen molar-refractivity contribution in [3.63, 3.8) is 0 Å². The van der Waals surface area contributed by atoms with E-state index in [1.807, 2.05) is 0 Å². The van der Waals surface area contributed by atoms with Crippen LogP contribution >= 0.6 is 11.8 Å². The molecule has 0 radical (unpaired) electrons. The zero-order valence-corrected chi connectivity index (χ0v) is 16.6. The molecule has 0 fully saturated rings. The minimum Gasteiger partial charge on any atom is -0.497 e. The normalized spacial score (nSPS) is 15.5. The quantitative estimate of drug-likeness (QED) is 0.447. The van der Waals surface area contributed by atoms with E-state index in [-0.39, 0.29) is 18.6 Å². The van der Waals surface area contributed by atoms with Crippen LogP contribution in [0.5, 0.6) is 5.75 Å². The van der Waals surface area contributed by atoms with Gasteiger partial charge in [-0.1, -0.05) is 11.8 Å². The molecule has 176 valence electrons. The number of thioether (sulfide) groups is 1. The van der Waals surface area contributed by atoms with Crippen LogP contribution in [-0.4, -0.2) is 40.6 Å². The Bertz CT molecular complexity index is 1050. The van der Waals surface area contributed by atoms with E-state index in [1.54, 1.807) is 29.2 Å². The van der Waals surface area contributed by atoms with Gasteiger partial charge in [-0.05, 0) is 24.3 Å². The zero-order valence-electron chi connectivity index (χ0n) is 15.8. The number of alkyl halides is 9. The van der Waals surface area contributed by atoms with Crippen LogP contribution in [0.25, 0.3) is 0 Å². The van der Waals surface area contributed by atoms with Gasteiger partial charge in [0.1, 0.15) is 18.1 Å². The van der Waals surface area contributed by atoms with Crippen LogP contribution in [0.15, 0.2) is 40.3 Å². The molecule has 3 rings (SSSR count). The lowest BCUT2D eigenvalue weighted by Crippen LogP contribution is -2.60. The largest absolute Gasteiger partial charge is 0.497 e. The van der Waals surface area contributed by atoms with E-state index in [0.717, 1.165) is 4.57 Å². The predicted molar refractivity (Wildman–Crippen MR) is 94.5 cm³/mol. The average molecular weight is 493 g/mol. The lowest BCUT2D eigenvalue weighted by atomic mass is 10.0. The Balaban J connectivity index is 1.96. The Morgan fingerprint density at radius 3 is 2.09 bits per heavy atom. The lowest BCUT2D eigenvalue weighted by molar-refractivity contribution is -0.400. The molecule has 0 bridgehead atoms. The summed E-state index contributed by atoms with van der Waals surface area (Å²) in [7, 11) is 1.44. The maximum Gasteiger partial charge on any atom is 0.460 e. The van der Waals surface area contributed by atoms with Gasteiger partial charge < -0.3 is 9.64 Å². The van der Waals surface area contributed by atoms with E-state index < -0.39 is 40.4 Å². The molecule has 0 unspecified atom stereocenters. The van der Waals surface area contributed by atoms with Crippen molar-refractivity contribution in [3.8, 4) is 5.75 Å². The smallest absolute Gasteiger partial charge is 0.460 e. The van der Waals surface area contributed by atoms with E-state index >= 15 is 0 Å². The number of benzene rings is 1. The van der Waals surface area contributed by atoms with Crippen LogP contribution in [0, 0.1) is 0 Å². The molecule has 5 nitrogen and oxygen atoms in total. The maximum atomic E-state index is 14.2. The van der Waals surface area contributed by atoms with Crippen molar-refractivity contribution < 1.29 is 44.3 Å². The summed E-state index contributed by atoms with van der Waals surface area (Å²) in [5.41, 5.74) is -2.95. The molecule has 0 amide bonds. The van der Waals surface area contributed by atoms with Crippen molar-refractivity contribution in [2.24, 2.45) is 0 Å². The molecule has 0 aliphatic carbocycles. The fourth-order valence-corrected chi connectivity index (χ4v) is 3.69. The number of methoxy groups -OCH3 is 1. The number of nitrogens with zero attached hydrogens (tertiary/aromatic N) is 3. The SMILES string of the molecule is COc1ccc(N2CSc3nc(C(F)(F)C(F)(F)C(F)(F)C(F)(F)F)cc(=O)n3C2)cc1. The Kier molecular flexibility index (Phi) is 5.85. The topological polar surface area (TPSA) is 47.4 Å². The highest BCUT2D eigenvalue weighted by molar-refractivity contribution is 7.99. The molecule has 2 aromatic rings. The Hall–Kier alpha value is -2.58. The van der Waals surface area contributed by atoms with Gasteiger partial charge in [-0.15, -0.1) is 0 Å². The van der Waals surface area contributed by atoms with Gasteiger partial charge in [0.05, 0.1) is 13.0 Å². The summed E-state index contributed by atoms with van der Waals surface area (Å²) in [6.07, 6.45) is -6.96. The molecule has 1 aromatic heterocycles. The highest BCUT2D eigenvalue weighted by Crippen LogP contribution is 2.56. The van der Waals surface area contributed by atoms with E-state index in [4.69, 9.17) is 4.74 Å². The van der Waals surface area contributed by atoms with E-state index in [1.165, 1.54) is 7.11 Å². The minimum absolute atomic E-state index is 0.0110. The predicted octanol–water partition coefficient (Wildman–Crippen LogP) is 4.70. The molecular weight excluding hydrogens is 481 g/mol. The number of hydrogen-bond donors (Lipinski definition) is 0. The van der Waals surface area contributed by atoms with Gasteiger partial charge in [0.2, 0.25) is 0 Å². The summed E-state index contributed by atoms with van der Waals surface area (Å²) in [5, 5.41) is -0.539. The van der Waals surface area contributed by atoms with Crippen LogP contribution < -0.4 is 15.2 Å². The van der Waals surface area contributed by atoms with Crippen molar-refractivity contribution in [2.75, 3.05) is 17.9 Å². The van der Waals surface area contributed by atoms with Crippen LogP contribution in [-0.2, 0) is 12.6 Å². The second kappa shape index (κ2) is 7.78. The van der Waals surface area contributed by atoms with Gasteiger partial charge in [0, 0.05) is 11.8 Å². The molecule has 2 heterocycles. The number of aromatic nitrogens is 2. The minimum atomic E-state index is -7.07. The highest BCUT2D eigenvalue weighted by atomic mass is 32.2. The van der Waals surface area contributed by atoms with Crippen LogP contribution in [0.4, 0.5) is 45.2 Å². The number of ether oxygens (including phenoxy) is 1. The summed E-state index contributed by atoms with van der Waals surface area (Å²) in [4.78, 5) is 16.9. The van der Waals surface area contributed by atoms with Crippen molar-refractivity contribution in [3.05, 3.63) is 46.4 Å². The summed E-state index contributed by atoms with van der Waals surface area (Å²) in [6, 6.07) is 6.25. The van der Waals surface area contributed by atoms with Gasteiger partial charge in [-0.25, -0.2) is 4.98 Å². The first-order valence-corrected chi connectivity index (χ1v) is 9.46. The lowest BCUT2D eigenvalue weighted by Gasteiger charge is -2.34. The molecule has 1 aliphatic heterocycles. The molecule has 0 saturated heterocycles. The van der Waals surface area contributed by atoms with E-state index in [0.29, 0.717) is 23.2 Å². The maximum absolute atomic E-state index is 14.2. The second-order valence-corrected chi connectivity index (χ2v) is 7.48. The first-order chi connectivity index (χ1) is 14.6. The standard InChI is InChI=1S/C17H12F9N3O2S/c1-31-10-4-2-9(3-5-10)28-7-29-12(30)6-11(27-13(29)32-8-28)14(18,19)15(20,21)16(22,23)17(24,25)26/h2-6H,7-8H2,1H3. The second-order valence-electron chi connectivity index (χ2n) is 6.56. The molecule has 32 heavy (non-hydrogen) atoms. The van der Waals surface area contributed by atoms with Crippen LogP contribution in [0.2, 0.25) is 0 Å². The number of fused-ring (bicyclic) bond motifs is 1. The summed E-state index contributed by atoms with van der Waals surface area (Å²) >= 11 is 0.628. The third-order valence-electron chi connectivity index (χ3n) is 4.54. The molecule has 0 spiro atoms. The van der Waals surface area contributed by atoms with Gasteiger partial charge >= 0.3 is 23.9 Å². The van der Waals surface area contributed by atoms with Crippen molar-refractivity contribution >= 4 is 17.4 Å². The first-order valence-electron chi connectivity index (χ1n) is 8.48. The summed E-state index contributed by atoms with van der Waals surface area (Å²) < 4.78 is 125. The van der Waals surface area contributed by atoms with Crippen molar-refractivity contribution in [1.29, 1.82) is 0 Å². The van der Waals surface area contributed by atoms with E-state index in [2.05, 4.69) is 4.98 Å². The molecule has 0 saturated carbocycles. The molecular formula is C17H12F9N3O2S. The van der Waals surface area contributed by atoms with Crippen LogP contribution in [0.3, 0.4) is 0 Å². The van der Waals surface area contributed by atoms with Gasteiger partial charge in [0.15, 0.2) is 5.16 Å². The van der Waals surface area contributed by atoms with Crippen molar-refractivity contribution in [1.82, 2.24) is 9.55 Å². The highest BCUT2D eigenvalue weighted by Gasteiger charge is 2.82. The summed E-state index contributed by atoms with van der Waals surface area (Å²) in [5.74, 6) is -19.5. The van der Waals surface area contributed by atoms with E-state index in [9.17, 15) is 44.3 Å². The van der Waals surface area contributed by atoms with Gasteiger partial charge in [-0.2, -0.15) is 39.5 Å². The number of anilines is 1. The Morgan fingerprint density at radius 1 is 0.969 bits per heavy atom. The van der Waals surface area contributed by atoms with Crippen LogP contribution in [0.1, 0.15) is 5.69 Å². The fraction of sp³-hybridized carbons (Fsp3) is 0.412. The number of halogens is 9. The molecule has 0 N–H and O–H groups in total.